The zero-order chi connectivity index (χ0) is 15.4. The van der Waals surface area contributed by atoms with E-state index in [1.54, 1.807) is 0 Å². The Labute approximate surface area is 132 Å². The molecule has 2 heterocycles. The summed E-state index contributed by atoms with van der Waals surface area (Å²) < 4.78 is 5.29. The minimum Gasteiger partial charge on any atom is -0.359 e. The maximum atomic E-state index is 5.29. The molecule has 1 saturated carbocycles. The first-order valence-corrected chi connectivity index (χ1v) is 8.44. The third kappa shape index (κ3) is 4.00. The average Bonchev–Trinajstić information content (AvgIpc) is 3.30. The summed E-state index contributed by atoms with van der Waals surface area (Å²) in [6.07, 6.45) is 6.09. The summed E-state index contributed by atoms with van der Waals surface area (Å²) in [6.45, 7) is 5.11. The highest BCUT2D eigenvalue weighted by Crippen LogP contribution is 2.29. The van der Waals surface area contributed by atoms with Crippen LogP contribution in [0.5, 0.6) is 0 Å². The molecule has 0 spiro atoms. The van der Waals surface area contributed by atoms with Crippen LogP contribution in [0.3, 0.4) is 0 Å². The van der Waals surface area contributed by atoms with E-state index in [0.717, 1.165) is 29.9 Å². The molecule has 6 heteroatoms. The predicted octanol–water partition coefficient (Wildman–Crippen LogP) is 1.53. The van der Waals surface area contributed by atoms with Gasteiger partial charge in [0.05, 0.1) is 12.2 Å². The molecule has 122 valence electrons. The Hall–Kier alpha value is -1.56. The summed E-state index contributed by atoms with van der Waals surface area (Å²) in [7, 11) is 1.81. The second-order valence-corrected chi connectivity index (χ2v) is 6.25. The molecule has 0 aromatic carbocycles. The lowest BCUT2D eigenvalue weighted by Crippen LogP contribution is -2.48. The van der Waals surface area contributed by atoms with Crippen LogP contribution < -0.4 is 10.6 Å². The first kappa shape index (κ1) is 15.3. The molecule has 0 radical (unpaired) electrons. The average molecular weight is 305 g/mol. The smallest absolute Gasteiger partial charge is 0.191 e. The van der Waals surface area contributed by atoms with Crippen LogP contribution in [0.4, 0.5) is 0 Å². The van der Waals surface area contributed by atoms with Gasteiger partial charge in [-0.25, -0.2) is 0 Å². The van der Waals surface area contributed by atoms with Crippen LogP contribution in [-0.4, -0.2) is 48.2 Å². The number of aromatic nitrogens is 1. The summed E-state index contributed by atoms with van der Waals surface area (Å²) in [4.78, 5) is 6.94. The number of likely N-dealkylation sites (tertiary alicyclic amines) is 1. The third-order valence-corrected chi connectivity index (χ3v) is 4.56. The van der Waals surface area contributed by atoms with Gasteiger partial charge in [-0.3, -0.25) is 4.99 Å². The fraction of sp³-hybridized carbons (Fsp3) is 0.750. The topological polar surface area (TPSA) is 65.7 Å². The molecule has 22 heavy (non-hydrogen) atoms. The van der Waals surface area contributed by atoms with E-state index in [-0.39, 0.29) is 0 Å². The van der Waals surface area contributed by atoms with Crippen LogP contribution in [0.1, 0.15) is 44.1 Å². The first-order chi connectivity index (χ1) is 10.8. The molecular weight excluding hydrogens is 278 g/mol. The molecule has 0 bridgehead atoms. The van der Waals surface area contributed by atoms with E-state index in [1.807, 2.05) is 13.1 Å². The maximum absolute atomic E-state index is 5.29. The number of hydrogen-bond acceptors (Lipinski definition) is 4. The fourth-order valence-corrected chi connectivity index (χ4v) is 3.01. The van der Waals surface area contributed by atoms with Crippen LogP contribution in [0, 0.1) is 0 Å². The summed E-state index contributed by atoms with van der Waals surface area (Å²) in [5.74, 6) is 1.70. The van der Waals surface area contributed by atoms with E-state index in [2.05, 4.69) is 32.6 Å². The highest BCUT2D eigenvalue weighted by molar-refractivity contribution is 5.79. The fourth-order valence-electron chi connectivity index (χ4n) is 3.01. The molecule has 2 fully saturated rings. The molecule has 2 aliphatic rings. The molecule has 0 amide bonds. The van der Waals surface area contributed by atoms with Crippen molar-refractivity contribution in [1.82, 2.24) is 20.7 Å². The molecule has 1 aliphatic carbocycles. The van der Waals surface area contributed by atoms with Crippen molar-refractivity contribution in [3.63, 3.8) is 0 Å². The lowest BCUT2D eigenvalue weighted by Gasteiger charge is -2.33. The summed E-state index contributed by atoms with van der Waals surface area (Å²) in [6, 6.07) is 3.40. The lowest BCUT2D eigenvalue weighted by atomic mass is 10.1. The molecule has 1 aromatic heterocycles. The van der Waals surface area contributed by atoms with Gasteiger partial charge in [0.1, 0.15) is 0 Å². The van der Waals surface area contributed by atoms with E-state index in [9.17, 15) is 0 Å². The van der Waals surface area contributed by atoms with Crippen molar-refractivity contribution in [2.75, 3.05) is 20.1 Å². The number of piperidine rings is 1. The highest BCUT2D eigenvalue weighted by atomic mass is 16.5. The second kappa shape index (κ2) is 7.13. The zero-order valence-corrected chi connectivity index (χ0v) is 13.6. The van der Waals surface area contributed by atoms with Gasteiger partial charge < -0.3 is 20.1 Å². The van der Waals surface area contributed by atoms with Crippen LogP contribution in [0.25, 0.3) is 0 Å². The molecule has 2 N–H and O–H groups in total. The van der Waals surface area contributed by atoms with E-state index in [0.29, 0.717) is 12.6 Å². The monoisotopic (exact) mass is 305 g/mol. The number of nitrogens with one attached hydrogen (secondary N) is 2. The molecule has 6 nitrogen and oxygen atoms in total. The highest BCUT2D eigenvalue weighted by Gasteiger charge is 2.31. The van der Waals surface area contributed by atoms with Crippen LogP contribution in [-0.2, 0) is 13.0 Å². The number of guanidine groups is 1. The van der Waals surface area contributed by atoms with E-state index in [1.165, 1.54) is 38.8 Å². The SMILES string of the molecule is CCc1cc(CNC(=NC)NC2CCN(C3CC3)CC2)on1. The van der Waals surface area contributed by atoms with Crippen molar-refractivity contribution in [2.24, 2.45) is 4.99 Å². The predicted molar refractivity (Wildman–Crippen MR) is 86.8 cm³/mol. The Balaban J connectivity index is 1.42. The number of hydrogen-bond donors (Lipinski definition) is 2. The first-order valence-electron chi connectivity index (χ1n) is 8.44. The largest absolute Gasteiger partial charge is 0.359 e. The summed E-state index contributed by atoms with van der Waals surface area (Å²) in [5, 5.41) is 10.8. The van der Waals surface area contributed by atoms with Gasteiger partial charge in [-0.15, -0.1) is 0 Å². The van der Waals surface area contributed by atoms with Crippen LogP contribution in [0.2, 0.25) is 0 Å². The van der Waals surface area contributed by atoms with Gasteiger partial charge in [0.25, 0.3) is 0 Å². The van der Waals surface area contributed by atoms with Gasteiger partial charge in [0.15, 0.2) is 11.7 Å². The maximum Gasteiger partial charge on any atom is 0.191 e. The Morgan fingerprint density at radius 2 is 2.14 bits per heavy atom. The van der Waals surface area contributed by atoms with Gasteiger partial charge in [-0.05, 0) is 32.1 Å². The van der Waals surface area contributed by atoms with Gasteiger partial charge >= 0.3 is 0 Å². The minimum absolute atomic E-state index is 0.516. The van der Waals surface area contributed by atoms with Gasteiger partial charge in [0.2, 0.25) is 0 Å². The standard InChI is InChI=1S/C16H27N5O/c1-3-12-10-15(22-20-12)11-18-16(17-2)19-13-6-8-21(9-7-13)14-4-5-14/h10,13-14H,3-9,11H2,1-2H3,(H2,17,18,19). The van der Waals surface area contributed by atoms with Crippen LogP contribution >= 0.6 is 0 Å². The number of aliphatic imine (C=N–C) groups is 1. The van der Waals surface area contributed by atoms with Crippen molar-refractivity contribution in [3.8, 4) is 0 Å². The van der Waals surface area contributed by atoms with Crippen molar-refractivity contribution < 1.29 is 4.52 Å². The second-order valence-electron chi connectivity index (χ2n) is 6.25. The minimum atomic E-state index is 0.516. The number of rotatable bonds is 5. The molecule has 1 aliphatic heterocycles. The Morgan fingerprint density at radius 1 is 1.36 bits per heavy atom. The van der Waals surface area contributed by atoms with Gasteiger partial charge in [0, 0.05) is 38.3 Å². The Morgan fingerprint density at radius 3 is 2.73 bits per heavy atom. The molecule has 0 atom stereocenters. The Kier molecular flexibility index (Phi) is 4.97. The van der Waals surface area contributed by atoms with Gasteiger partial charge in [-0.2, -0.15) is 0 Å². The van der Waals surface area contributed by atoms with Crippen molar-refractivity contribution in [1.29, 1.82) is 0 Å². The molecule has 1 saturated heterocycles. The van der Waals surface area contributed by atoms with Crippen molar-refractivity contribution in [2.45, 2.75) is 57.7 Å². The van der Waals surface area contributed by atoms with Gasteiger partial charge in [-0.1, -0.05) is 12.1 Å². The summed E-state index contributed by atoms with van der Waals surface area (Å²) >= 11 is 0. The zero-order valence-electron chi connectivity index (χ0n) is 13.6. The van der Waals surface area contributed by atoms with E-state index >= 15 is 0 Å². The third-order valence-electron chi connectivity index (χ3n) is 4.56. The van der Waals surface area contributed by atoms with E-state index in [4.69, 9.17) is 4.52 Å². The van der Waals surface area contributed by atoms with Crippen LogP contribution in [0.15, 0.2) is 15.6 Å². The normalized spacial score (nSPS) is 21.1. The Bertz CT molecular complexity index is 500. The van der Waals surface area contributed by atoms with Crippen molar-refractivity contribution in [3.05, 3.63) is 17.5 Å². The lowest BCUT2D eigenvalue weighted by molar-refractivity contribution is 0.197. The molecule has 1 aromatic rings. The number of aryl methyl sites for hydroxylation is 1. The molecule has 0 unspecified atom stereocenters. The molecule has 3 rings (SSSR count). The van der Waals surface area contributed by atoms with E-state index < -0.39 is 0 Å². The number of nitrogens with zero attached hydrogens (tertiary/aromatic N) is 3. The summed E-state index contributed by atoms with van der Waals surface area (Å²) in [5.41, 5.74) is 0.993. The van der Waals surface area contributed by atoms with Crippen molar-refractivity contribution >= 4 is 5.96 Å². The molecular formula is C16H27N5O. The quantitative estimate of drug-likeness (QED) is 0.638.